The smallest absolute Gasteiger partial charge is 0.322 e. The molecular formula is C15H21FN2O2. The third-order valence-electron chi connectivity index (χ3n) is 3.11. The summed E-state index contributed by atoms with van der Waals surface area (Å²) in [6.07, 6.45) is 0.0578. The minimum absolute atomic E-state index is 0.0578. The van der Waals surface area contributed by atoms with E-state index in [1.165, 1.54) is 6.07 Å². The number of anilines is 1. The SMILES string of the molecule is Cc1cccc(F)c1NC(=O)N1CC(OC(C)(C)C)C1. The van der Waals surface area contributed by atoms with Gasteiger partial charge >= 0.3 is 6.03 Å². The zero-order chi connectivity index (χ0) is 14.9. The second kappa shape index (κ2) is 5.40. The second-order valence-electron chi connectivity index (χ2n) is 6.12. The standard InChI is InChI=1S/C15H21FN2O2/c1-10-6-5-7-12(16)13(10)17-14(19)18-8-11(9-18)20-15(2,3)4/h5-7,11H,8-9H2,1-4H3,(H,17,19). The first-order chi connectivity index (χ1) is 9.26. The lowest BCUT2D eigenvalue weighted by Gasteiger charge is -2.41. The molecule has 0 aliphatic carbocycles. The summed E-state index contributed by atoms with van der Waals surface area (Å²) in [5.41, 5.74) is 0.745. The molecule has 1 saturated heterocycles. The van der Waals surface area contributed by atoms with Crippen molar-refractivity contribution in [3.8, 4) is 0 Å². The molecule has 1 aromatic rings. The molecule has 110 valence electrons. The molecule has 0 unspecified atom stereocenters. The van der Waals surface area contributed by atoms with Gasteiger partial charge in [0.05, 0.1) is 30.5 Å². The molecule has 2 amide bonds. The van der Waals surface area contributed by atoms with Crippen molar-refractivity contribution >= 4 is 11.7 Å². The van der Waals surface area contributed by atoms with Crippen LogP contribution in [0.25, 0.3) is 0 Å². The van der Waals surface area contributed by atoms with Gasteiger partial charge in [0, 0.05) is 0 Å². The van der Waals surface area contributed by atoms with E-state index in [4.69, 9.17) is 4.74 Å². The van der Waals surface area contributed by atoms with Crippen molar-refractivity contribution in [2.24, 2.45) is 0 Å². The fraction of sp³-hybridized carbons (Fsp3) is 0.533. The van der Waals surface area contributed by atoms with Gasteiger partial charge in [0.1, 0.15) is 5.82 Å². The first-order valence-electron chi connectivity index (χ1n) is 6.75. The van der Waals surface area contributed by atoms with Crippen molar-refractivity contribution in [3.05, 3.63) is 29.6 Å². The molecule has 4 nitrogen and oxygen atoms in total. The maximum absolute atomic E-state index is 13.6. The van der Waals surface area contributed by atoms with Crippen molar-refractivity contribution in [1.82, 2.24) is 4.90 Å². The number of likely N-dealkylation sites (tertiary alicyclic amines) is 1. The number of ether oxygens (including phenoxy) is 1. The van der Waals surface area contributed by atoms with Crippen molar-refractivity contribution in [2.75, 3.05) is 18.4 Å². The predicted molar refractivity (Wildman–Crippen MR) is 76.4 cm³/mol. The van der Waals surface area contributed by atoms with Gasteiger partial charge in [-0.2, -0.15) is 0 Å². The number of nitrogens with one attached hydrogen (secondary N) is 1. The van der Waals surface area contributed by atoms with Crippen LogP contribution in [0.3, 0.4) is 0 Å². The molecule has 0 saturated carbocycles. The Labute approximate surface area is 118 Å². The van der Waals surface area contributed by atoms with Crippen LogP contribution >= 0.6 is 0 Å². The maximum atomic E-state index is 13.6. The molecule has 5 heteroatoms. The van der Waals surface area contributed by atoms with Crippen LogP contribution in [0.2, 0.25) is 0 Å². The van der Waals surface area contributed by atoms with Gasteiger partial charge < -0.3 is 15.0 Å². The fourth-order valence-electron chi connectivity index (χ4n) is 2.15. The van der Waals surface area contributed by atoms with E-state index in [-0.39, 0.29) is 23.4 Å². The Bertz CT molecular complexity index is 485. The number of nitrogens with zero attached hydrogens (tertiary/aromatic N) is 1. The summed E-state index contributed by atoms with van der Waals surface area (Å²) >= 11 is 0. The predicted octanol–water partition coefficient (Wildman–Crippen LogP) is 3.17. The molecule has 0 radical (unpaired) electrons. The van der Waals surface area contributed by atoms with Crippen LogP contribution in [0.15, 0.2) is 18.2 Å². The van der Waals surface area contributed by atoms with Crippen LogP contribution < -0.4 is 5.32 Å². The summed E-state index contributed by atoms with van der Waals surface area (Å²) in [5.74, 6) is -0.415. The molecule has 20 heavy (non-hydrogen) atoms. The Morgan fingerprint density at radius 2 is 2.05 bits per heavy atom. The average molecular weight is 280 g/mol. The molecule has 1 aliphatic rings. The Kier molecular flexibility index (Phi) is 3.99. The molecular weight excluding hydrogens is 259 g/mol. The summed E-state index contributed by atoms with van der Waals surface area (Å²) in [6.45, 7) is 8.79. The quantitative estimate of drug-likeness (QED) is 0.904. The van der Waals surface area contributed by atoms with E-state index < -0.39 is 5.82 Å². The number of para-hydroxylation sites is 1. The highest BCUT2D eigenvalue weighted by atomic mass is 19.1. The maximum Gasteiger partial charge on any atom is 0.322 e. The van der Waals surface area contributed by atoms with Crippen LogP contribution in [-0.4, -0.2) is 35.7 Å². The zero-order valence-corrected chi connectivity index (χ0v) is 12.4. The molecule has 0 spiro atoms. The number of aryl methyl sites for hydroxylation is 1. The lowest BCUT2D eigenvalue weighted by atomic mass is 10.1. The first-order valence-corrected chi connectivity index (χ1v) is 6.75. The molecule has 1 heterocycles. The number of carbonyl (C=O) groups is 1. The lowest BCUT2D eigenvalue weighted by molar-refractivity contribution is -0.110. The minimum Gasteiger partial charge on any atom is -0.369 e. The summed E-state index contributed by atoms with van der Waals surface area (Å²) in [7, 11) is 0. The Morgan fingerprint density at radius 1 is 1.40 bits per heavy atom. The van der Waals surface area contributed by atoms with Crippen LogP contribution in [0.4, 0.5) is 14.9 Å². The van der Waals surface area contributed by atoms with Crippen LogP contribution in [0.5, 0.6) is 0 Å². The molecule has 2 rings (SSSR count). The number of amides is 2. The van der Waals surface area contributed by atoms with Crippen LogP contribution in [0.1, 0.15) is 26.3 Å². The molecule has 0 bridgehead atoms. The number of hydrogen-bond donors (Lipinski definition) is 1. The first kappa shape index (κ1) is 14.8. The van der Waals surface area contributed by atoms with Gasteiger partial charge in [0.25, 0.3) is 0 Å². The van der Waals surface area contributed by atoms with Crippen molar-refractivity contribution in [3.63, 3.8) is 0 Å². The average Bonchev–Trinajstić information content (AvgIpc) is 2.26. The highest BCUT2D eigenvalue weighted by Gasteiger charge is 2.34. The molecule has 1 N–H and O–H groups in total. The van der Waals surface area contributed by atoms with Gasteiger partial charge in [0.15, 0.2) is 0 Å². The van der Waals surface area contributed by atoms with Gasteiger partial charge in [-0.05, 0) is 39.3 Å². The van der Waals surface area contributed by atoms with Crippen LogP contribution in [0, 0.1) is 12.7 Å². The second-order valence-corrected chi connectivity index (χ2v) is 6.12. The number of rotatable bonds is 2. The van der Waals surface area contributed by atoms with Crippen LogP contribution in [-0.2, 0) is 4.74 Å². The number of halogens is 1. The van der Waals surface area contributed by atoms with Gasteiger partial charge in [-0.1, -0.05) is 12.1 Å². The molecule has 0 atom stereocenters. The molecule has 0 aromatic heterocycles. The van der Waals surface area contributed by atoms with E-state index >= 15 is 0 Å². The van der Waals surface area contributed by atoms with Gasteiger partial charge in [-0.3, -0.25) is 0 Å². The van der Waals surface area contributed by atoms with E-state index in [1.807, 2.05) is 20.8 Å². The van der Waals surface area contributed by atoms with E-state index in [1.54, 1.807) is 24.0 Å². The van der Waals surface area contributed by atoms with Crippen molar-refractivity contribution in [1.29, 1.82) is 0 Å². The van der Waals surface area contributed by atoms with E-state index in [0.29, 0.717) is 18.7 Å². The summed E-state index contributed by atoms with van der Waals surface area (Å²) in [4.78, 5) is 13.6. The molecule has 1 fully saturated rings. The van der Waals surface area contributed by atoms with Gasteiger partial charge in [-0.25, -0.2) is 9.18 Å². The topological polar surface area (TPSA) is 41.6 Å². The Hall–Kier alpha value is -1.62. The third kappa shape index (κ3) is 3.48. The molecule has 1 aliphatic heterocycles. The number of urea groups is 1. The number of benzene rings is 1. The highest BCUT2D eigenvalue weighted by Crippen LogP contribution is 2.22. The van der Waals surface area contributed by atoms with E-state index in [2.05, 4.69) is 5.32 Å². The summed E-state index contributed by atoms with van der Waals surface area (Å²) < 4.78 is 19.4. The van der Waals surface area contributed by atoms with Gasteiger partial charge in [0.2, 0.25) is 0 Å². The Balaban J connectivity index is 1.89. The van der Waals surface area contributed by atoms with E-state index in [0.717, 1.165) is 0 Å². The summed E-state index contributed by atoms with van der Waals surface area (Å²) in [6, 6.07) is 4.44. The van der Waals surface area contributed by atoms with Gasteiger partial charge in [-0.15, -0.1) is 0 Å². The highest BCUT2D eigenvalue weighted by molar-refractivity contribution is 5.90. The molecule has 1 aromatic carbocycles. The van der Waals surface area contributed by atoms with E-state index in [9.17, 15) is 9.18 Å². The van der Waals surface area contributed by atoms with Crippen molar-refractivity contribution < 1.29 is 13.9 Å². The summed E-state index contributed by atoms with van der Waals surface area (Å²) in [5, 5.41) is 2.62. The Morgan fingerprint density at radius 3 is 2.60 bits per heavy atom. The largest absolute Gasteiger partial charge is 0.369 e. The number of carbonyl (C=O) groups excluding carboxylic acids is 1. The number of hydrogen-bond acceptors (Lipinski definition) is 2. The normalized spacial score (nSPS) is 15.9. The lowest BCUT2D eigenvalue weighted by Crippen LogP contribution is -2.57. The minimum atomic E-state index is -0.415. The zero-order valence-electron chi connectivity index (χ0n) is 12.4. The monoisotopic (exact) mass is 280 g/mol. The third-order valence-corrected chi connectivity index (χ3v) is 3.11. The van der Waals surface area contributed by atoms with Crippen molar-refractivity contribution in [2.45, 2.75) is 39.4 Å². The fourth-order valence-corrected chi connectivity index (χ4v) is 2.15.